The van der Waals surface area contributed by atoms with E-state index in [0.717, 1.165) is 5.56 Å². The normalized spacial score (nSPS) is 11.5. The fraction of sp³-hybridized carbons (Fsp3) is 0.300. The van der Waals surface area contributed by atoms with Crippen LogP contribution < -0.4 is 14.8 Å². The molecule has 1 amide bonds. The molecular weight excluding hydrogens is 354 g/mol. The van der Waals surface area contributed by atoms with Crippen molar-refractivity contribution in [1.82, 2.24) is 0 Å². The van der Waals surface area contributed by atoms with Crippen LogP contribution in [0.5, 0.6) is 11.5 Å². The van der Waals surface area contributed by atoms with Crippen LogP contribution in [0.4, 0.5) is 5.69 Å². The summed E-state index contributed by atoms with van der Waals surface area (Å²) in [6, 6.07) is 12.4. The third-order valence-electron chi connectivity index (χ3n) is 3.79. The van der Waals surface area contributed by atoms with E-state index in [-0.39, 0.29) is 11.7 Å². The zero-order valence-electron chi connectivity index (χ0n) is 15.0. The Kier molecular flexibility index (Phi) is 7.04. The number of carbonyl (C=O) groups is 2. The van der Waals surface area contributed by atoms with Gasteiger partial charge in [-0.1, -0.05) is 23.7 Å². The van der Waals surface area contributed by atoms with Crippen molar-refractivity contribution in [2.45, 2.75) is 32.8 Å². The second-order valence-electron chi connectivity index (χ2n) is 5.94. The zero-order valence-corrected chi connectivity index (χ0v) is 15.8. The third-order valence-corrected chi connectivity index (χ3v) is 4.03. The number of Topliss-reactive ketones (excluding diaryl/α,β-unsaturated/α-hetero) is 1. The Morgan fingerprint density at radius 1 is 1.15 bits per heavy atom. The molecule has 2 aromatic rings. The van der Waals surface area contributed by atoms with Crippen LogP contribution >= 0.6 is 11.6 Å². The van der Waals surface area contributed by atoms with Crippen LogP contribution in [-0.2, 0) is 16.0 Å². The summed E-state index contributed by atoms with van der Waals surface area (Å²) >= 11 is 5.97. The lowest BCUT2D eigenvalue weighted by Gasteiger charge is -2.16. The monoisotopic (exact) mass is 375 g/mol. The molecule has 0 aliphatic carbocycles. The lowest BCUT2D eigenvalue weighted by molar-refractivity contribution is -0.122. The van der Waals surface area contributed by atoms with E-state index in [1.54, 1.807) is 44.2 Å². The summed E-state index contributed by atoms with van der Waals surface area (Å²) in [4.78, 5) is 23.4. The number of aryl methyl sites for hydroxylation is 1. The molecule has 0 heterocycles. The first-order chi connectivity index (χ1) is 12.4. The first-order valence-corrected chi connectivity index (χ1v) is 8.66. The summed E-state index contributed by atoms with van der Waals surface area (Å²) in [5.41, 5.74) is 1.54. The Hall–Kier alpha value is -2.53. The Balaban J connectivity index is 1.96. The highest BCUT2D eigenvalue weighted by atomic mass is 35.5. The van der Waals surface area contributed by atoms with Crippen LogP contribution in [-0.4, -0.2) is 24.9 Å². The summed E-state index contributed by atoms with van der Waals surface area (Å²) in [5.74, 6) is 0.945. The highest BCUT2D eigenvalue weighted by Gasteiger charge is 2.17. The number of anilines is 1. The number of ketones is 1. The van der Waals surface area contributed by atoms with Crippen LogP contribution in [0.2, 0.25) is 5.02 Å². The van der Waals surface area contributed by atoms with Gasteiger partial charge in [0.15, 0.2) is 6.10 Å². The number of benzene rings is 2. The van der Waals surface area contributed by atoms with Crippen molar-refractivity contribution in [2.75, 3.05) is 12.4 Å². The second-order valence-corrected chi connectivity index (χ2v) is 6.38. The molecule has 6 heteroatoms. The third kappa shape index (κ3) is 5.77. The average Bonchev–Trinajstić information content (AvgIpc) is 2.61. The molecule has 0 fully saturated rings. The van der Waals surface area contributed by atoms with Crippen LogP contribution in [0.25, 0.3) is 0 Å². The Morgan fingerprint density at radius 2 is 1.85 bits per heavy atom. The SMILES string of the molecule is COc1ccc(Cl)cc1NC(=O)C(C)Oc1ccc(CCC(C)=O)cc1. The van der Waals surface area contributed by atoms with Gasteiger partial charge in [0.25, 0.3) is 5.91 Å². The number of hydrogen-bond acceptors (Lipinski definition) is 4. The Labute approximate surface area is 158 Å². The van der Waals surface area contributed by atoms with Crippen molar-refractivity contribution in [1.29, 1.82) is 0 Å². The van der Waals surface area contributed by atoms with Gasteiger partial charge in [0, 0.05) is 11.4 Å². The summed E-state index contributed by atoms with van der Waals surface area (Å²) in [6.45, 7) is 3.24. The number of rotatable bonds is 8. The highest BCUT2D eigenvalue weighted by molar-refractivity contribution is 6.31. The summed E-state index contributed by atoms with van der Waals surface area (Å²) in [5, 5.41) is 3.25. The van der Waals surface area contributed by atoms with Crippen molar-refractivity contribution >= 4 is 29.0 Å². The first-order valence-electron chi connectivity index (χ1n) is 8.28. The molecule has 138 valence electrons. The number of amides is 1. The van der Waals surface area contributed by atoms with Crippen molar-refractivity contribution in [3.05, 3.63) is 53.1 Å². The quantitative estimate of drug-likeness (QED) is 0.748. The number of hydrogen-bond donors (Lipinski definition) is 1. The molecule has 0 saturated carbocycles. The maximum atomic E-state index is 12.4. The number of halogens is 1. The van der Waals surface area contributed by atoms with E-state index in [2.05, 4.69) is 5.32 Å². The Bertz CT molecular complexity index is 774. The molecule has 0 aliphatic rings. The molecule has 2 rings (SSSR count). The molecule has 1 unspecified atom stereocenters. The van der Waals surface area contributed by atoms with Gasteiger partial charge in [-0.15, -0.1) is 0 Å². The molecule has 0 aliphatic heterocycles. The number of nitrogens with one attached hydrogen (secondary N) is 1. The van der Waals surface area contributed by atoms with Crippen LogP contribution in [0.1, 0.15) is 25.8 Å². The summed E-state index contributed by atoms with van der Waals surface area (Å²) in [7, 11) is 1.52. The predicted molar refractivity (Wildman–Crippen MR) is 102 cm³/mol. The van der Waals surface area contributed by atoms with Gasteiger partial charge in [-0.3, -0.25) is 4.79 Å². The minimum absolute atomic E-state index is 0.159. The van der Waals surface area contributed by atoms with Gasteiger partial charge in [-0.2, -0.15) is 0 Å². The van der Waals surface area contributed by atoms with Crippen LogP contribution in [0.3, 0.4) is 0 Å². The summed E-state index contributed by atoms with van der Waals surface area (Å²) in [6.07, 6.45) is 0.502. The van der Waals surface area contributed by atoms with E-state index in [9.17, 15) is 9.59 Å². The lowest BCUT2D eigenvalue weighted by atomic mass is 10.1. The van der Waals surface area contributed by atoms with E-state index in [1.165, 1.54) is 7.11 Å². The van der Waals surface area contributed by atoms with Crippen molar-refractivity contribution < 1.29 is 19.1 Å². The lowest BCUT2D eigenvalue weighted by Crippen LogP contribution is -2.30. The van der Waals surface area contributed by atoms with Gasteiger partial charge in [0.05, 0.1) is 12.8 Å². The van der Waals surface area contributed by atoms with E-state index in [4.69, 9.17) is 21.1 Å². The second kappa shape index (κ2) is 9.25. The van der Waals surface area contributed by atoms with Gasteiger partial charge < -0.3 is 19.6 Å². The molecule has 5 nitrogen and oxygen atoms in total. The topological polar surface area (TPSA) is 64.6 Å². The van der Waals surface area contributed by atoms with Gasteiger partial charge in [-0.25, -0.2) is 0 Å². The van der Waals surface area contributed by atoms with Gasteiger partial charge in [0.2, 0.25) is 0 Å². The molecule has 2 aromatic carbocycles. The molecule has 0 radical (unpaired) electrons. The van der Waals surface area contributed by atoms with Gasteiger partial charge >= 0.3 is 0 Å². The molecule has 0 bridgehead atoms. The fourth-order valence-electron chi connectivity index (χ4n) is 2.32. The molecule has 0 saturated heterocycles. The number of ether oxygens (including phenoxy) is 2. The Morgan fingerprint density at radius 3 is 2.46 bits per heavy atom. The van der Waals surface area contributed by atoms with E-state index in [1.807, 2.05) is 12.1 Å². The molecule has 1 atom stereocenters. The van der Waals surface area contributed by atoms with E-state index < -0.39 is 6.10 Å². The molecule has 0 aromatic heterocycles. The molecule has 26 heavy (non-hydrogen) atoms. The largest absolute Gasteiger partial charge is 0.495 e. The minimum Gasteiger partial charge on any atom is -0.495 e. The average molecular weight is 376 g/mol. The van der Waals surface area contributed by atoms with E-state index >= 15 is 0 Å². The van der Waals surface area contributed by atoms with Crippen molar-refractivity contribution in [3.8, 4) is 11.5 Å². The minimum atomic E-state index is -0.707. The number of methoxy groups -OCH3 is 1. The van der Waals surface area contributed by atoms with Crippen molar-refractivity contribution in [3.63, 3.8) is 0 Å². The van der Waals surface area contributed by atoms with Crippen molar-refractivity contribution in [2.24, 2.45) is 0 Å². The van der Waals surface area contributed by atoms with Crippen LogP contribution in [0.15, 0.2) is 42.5 Å². The summed E-state index contributed by atoms with van der Waals surface area (Å²) < 4.78 is 10.9. The number of carbonyl (C=O) groups excluding carboxylic acids is 2. The highest BCUT2D eigenvalue weighted by Crippen LogP contribution is 2.28. The van der Waals surface area contributed by atoms with Gasteiger partial charge in [0.1, 0.15) is 17.3 Å². The predicted octanol–water partition coefficient (Wildman–Crippen LogP) is 4.28. The standard InChI is InChI=1S/C20H22ClNO4/c1-13(23)4-5-15-6-9-17(10-7-15)26-14(2)20(24)22-18-12-16(21)8-11-19(18)25-3/h6-12,14H,4-5H2,1-3H3,(H,22,24). The fourth-order valence-corrected chi connectivity index (χ4v) is 2.50. The molecule has 1 N–H and O–H groups in total. The maximum Gasteiger partial charge on any atom is 0.265 e. The molecule has 0 spiro atoms. The molecular formula is C20H22ClNO4. The maximum absolute atomic E-state index is 12.4. The van der Waals surface area contributed by atoms with Crippen LogP contribution in [0, 0.1) is 0 Å². The first kappa shape index (κ1) is 19.8. The smallest absolute Gasteiger partial charge is 0.265 e. The zero-order chi connectivity index (χ0) is 19.1. The van der Waals surface area contributed by atoms with E-state index in [0.29, 0.717) is 35.1 Å². The van der Waals surface area contributed by atoms with Gasteiger partial charge in [-0.05, 0) is 56.2 Å².